The normalized spacial score (nSPS) is 19.2. The first kappa shape index (κ1) is 16.4. The van der Waals surface area contributed by atoms with Gasteiger partial charge in [-0.3, -0.25) is 0 Å². The summed E-state index contributed by atoms with van der Waals surface area (Å²) in [4.78, 5) is 9.41. The number of hydrogen-bond donors (Lipinski definition) is 0. The van der Waals surface area contributed by atoms with Crippen molar-refractivity contribution in [1.82, 2.24) is 5.01 Å². The number of para-hydroxylation sites is 1. The second kappa shape index (κ2) is 6.74. The third-order valence-electron chi connectivity index (χ3n) is 4.47. The van der Waals surface area contributed by atoms with Crippen molar-refractivity contribution in [1.29, 1.82) is 0 Å². The average Bonchev–Trinajstić information content (AvgIpc) is 3.30. The fraction of sp³-hybridized carbons (Fsp3) is 0.0455. The molecule has 0 saturated carbocycles. The molecule has 2 aliphatic heterocycles. The van der Waals surface area contributed by atoms with E-state index in [1.807, 2.05) is 60.7 Å². The molecular weight excluding hydrogens is 355 g/mol. The number of ether oxygens (including phenoxy) is 1. The van der Waals surface area contributed by atoms with Crippen molar-refractivity contribution in [2.45, 2.75) is 6.04 Å². The smallest absolute Gasteiger partial charge is 0.322 e. The number of rotatable bonds is 3. The Morgan fingerprint density at radius 1 is 0.857 bits per heavy atom. The van der Waals surface area contributed by atoms with Gasteiger partial charge in [-0.2, -0.15) is 5.01 Å². The molecule has 0 spiro atoms. The van der Waals surface area contributed by atoms with Gasteiger partial charge in [-0.05, 0) is 42.0 Å². The Balaban J connectivity index is 1.57. The van der Waals surface area contributed by atoms with E-state index in [0.29, 0.717) is 17.8 Å². The Bertz CT molecular complexity index is 1090. The van der Waals surface area contributed by atoms with Crippen LogP contribution in [0.4, 0.5) is 10.1 Å². The minimum atomic E-state index is -0.420. The summed E-state index contributed by atoms with van der Waals surface area (Å²) in [5, 5.41) is 6.20. The third kappa shape index (κ3) is 2.95. The molecule has 0 amide bonds. The fourth-order valence-electron chi connectivity index (χ4n) is 3.11. The highest BCUT2D eigenvalue weighted by Crippen LogP contribution is 2.33. The first-order chi connectivity index (χ1) is 13.8. The number of aliphatic imine (C=N–C) groups is 2. The maximum absolute atomic E-state index is 13.4. The molecule has 5 rings (SSSR count). The number of benzene rings is 3. The molecule has 0 N–H and O–H groups in total. The number of nitrogens with zero attached hydrogens (tertiary/aromatic N) is 4. The van der Waals surface area contributed by atoms with Gasteiger partial charge in [0, 0.05) is 5.56 Å². The van der Waals surface area contributed by atoms with E-state index < -0.39 is 6.04 Å². The zero-order chi connectivity index (χ0) is 18.9. The van der Waals surface area contributed by atoms with Crippen LogP contribution < -0.4 is 0 Å². The zero-order valence-electron chi connectivity index (χ0n) is 14.7. The van der Waals surface area contributed by atoms with Crippen molar-refractivity contribution in [3.63, 3.8) is 0 Å². The summed E-state index contributed by atoms with van der Waals surface area (Å²) < 4.78 is 19.3. The lowest BCUT2D eigenvalue weighted by Crippen LogP contribution is -2.25. The molecule has 0 fully saturated rings. The third-order valence-corrected chi connectivity index (χ3v) is 4.47. The lowest BCUT2D eigenvalue weighted by atomic mass is 10.1. The van der Waals surface area contributed by atoms with Gasteiger partial charge in [0.15, 0.2) is 5.84 Å². The molecule has 3 aromatic carbocycles. The summed E-state index contributed by atoms with van der Waals surface area (Å²) in [7, 11) is 0. The lowest BCUT2D eigenvalue weighted by molar-refractivity contribution is 0.519. The van der Waals surface area contributed by atoms with Crippen LogP contribution in [0, 0.1) is 5.82 Å². The molecule has 1 unspecified atom stereocenters. The SMILES string of the molecule is Fc1ccc(C2N=C3OC(c4ccccc4)=NN3C2=Nc2ccccc2)cc1. The van der Waals surface area contributed by atoms with Crippen LogP contribution in [0.1, 0.15) is 17.2 Å². The van der Waals surface area contributed by atoms with Crippen LogP contribution in [-0.2, 0) is 4.74 Å². The zero-order valence-corrected chi connectivity index (χ0v) is 14.7. The Hall–Kier alpha value is -3.80. The predicted octanol–water partition coefficient (Wildman–Crippen LogP) is 4.66. The first-order valence-electron chi connectivity index (χ1n) is 8.87. The Morgan fingerprint density at radius 2 is 1.54 bits per heavy atom. The molecular formula is C22H15FN4O. The molecule has 136 valence electrons. The van der Waals surface area contributed by atoms with Crippen molar-refractivity contribution >= 4 is 23.4 Å². The highest BCUT2D eigenvalue weighted by Gasteiger charge is 2.40. The van der Waals surface area contributed by atoms with E-state index >= 15 is 0 Å². The average molecular weight is 370 g/mol. The molecule has 28 heavy (non-hydrogen) atoms. The monoisotopic (exact) mass is 370 g/mol. The van der Waals surface area contributed by atoms with Crippen molar-refractivity contribution in [3.8, 4) is 0 Å². The van der Waals surface area contributed by atoms with Crippen LogP contribution in [0.5, 0.6) is 0 Å². The van der Waals surface area contributed by atoms with Crippen LogP contribution >= 0.6 is 0 Å². The van der Waals surface area contributed by atoms with Crippen LogP contribution in [0.3, 0.4) is 0 Å². The van der Waals surface area contributed by atoms with Gasteiger partial charge in [0.2, 0.25) is 5.90 Å². The quantitative estimate of drug-likeness (QED) is 0.673. The number of hydrogen-bond acceptors (Lipinski definition) is 4. The topological polar surface area (TPSA) is 49.6 Å². The molecule has 6 heteroatoms. The van der Waals surface area contributed by atoms with Gasteiger partial charge < -0.3 is 4.74 Å². The van der Waals surface area contributed by atoms with E-state index in [-0.39, 0.29) is 5.82 Å². The summed E-state index contributed by atoms with van der Waals surface area (Å²) in [6.45, 7) is 0. The largest absolute Gasteiger partial charge is 0.403 e. The van der Waals surface area contributed by atoms with Gasteiger partial charge >= 0.3 is 6.02 Å². The van der Waals surface area contributed by atoms with Gasteiger partial charge in [-0.25, -0.2) is 14.4 Å². The highest BCUT2D eigenvalue weighted by atomic mass is 19.1. The summed E-state index contributed by atoms with van der Waals surface area (Å²) in [5.74, 6) is 0.786. The van der Waals surface area contributed by atoms with Crippen molar-refractivity contribution < 1.29 is 9.13 Å². The molecule has 0 aliphatic carbocycles. The van der Waals surface area contributed by atoms with E-state index in [0.717, 1.165) is 16.8 Å². The summed E-state index contributed by atoms with van der Waals surface area (Å²) in [5.41, 5.74) is 2.46. The number of halogens is 1. The molecule has 0 saturated heterocycles. The number of fused-ring (bicyclic) bond motifs is 1. The summed E-state index contributed by atoms with van der Waals surface area (Å²) in [6.07, 6.45) is 0. The molecule has 5 nitrogen and oxygen atoms in total. The predicted molar refractivity (Wildman–Crippen MR) is 106 cm³/mol. The van der Waals surface area contributed by atoms with Crippen molar-refractivity contribution in [2.75, 3.05) is 0 Å². The minimum Gasteiger partial charge on any atom is -0.403 e. The van der Waals surface area contributed by atoms with Crippen LogP contribution in [-0.4, -0.2) is 22.8 Å². The van der Waals surface area contributed by atoms with Gasteiger partial charge in [0.05, 0.1) is 5.69 Å². The molecule has 2 heterocycles. The van der Waals surface area contributed by atoms with E-state index in [4.69, 9.17) is 9.73 Å². The van der Waals surface area contributed by atoms with Gasteiger partial charge in [-0.1, -0.05) is 48.5 Å². The van der Waals surface area contributed by atoms with E-state index in [2.05, 4.69) is 10.1 Å². The maximum atomic E-state index is 13.4. The first-order valence-corrected chi connectivity index (χ1v) is 8.87. The molecule has 0 bridgehead atoms. The fourth-order valence-corrected chi connectivity index (χ4v) is 3.11. The maximum Gasteiger partial charge on any atom is 0.322 e. The second-order valence-corrected chi connectivity index (χ2v) is 6.36. The highest BCUT2D eigenvalue weighted by molar-refractivity contribution is 6.15. The van der Waals surface area contributed by atoms with Crippen LogP contribution in [0.2, 0.25) is 0 Å². The molecule has 0 radical (unpaired) electrons. The van der Waals surface area contributed by atoms with E-state index in [1.165, 1.54) is 12.1 Å². The van der Waals surface area contributed by atoms with Crippen molar-refractivity contribution in [3.05, 3.63) is 102 Å². The van der Waals surface area contributed by atoms with Crippen LogP contribution in [0.25, 0.3) is 0 Å². The Labute approximate surface area is 161 Å². The van der Waals surface area contributed by atoms with Crippen molar-refractivity contribution in [2.24, 2.45) is 15.1 Å². The molecule has 1 atom stereocenters. The van der Waals surface area contributed by atoms with E-state index in [1.54, 1.807) is 17.1 Å². The Kier molecular flexibility index (Phi) is 3.94. The minimum absolute atomic E-state index is 0.294. The summed E-state index contributed by atoms with van der Waals surface area (Å²) >= 11 is 0. The second-order valence-electron chi connectivity index (χ2n) is 6.36. The standard InChI is InChI=1S/C22H15FN4O/c23-17-13-11-15(12-14-17)19-20(24-18-9-5-2-6-10-18)27-22(25-19)28-21(26-27)16-7-3-1-4-8-16/h1-14,19H. The molecule has 0 aromatic heterocycles. The van der Waals surface area contributed by atoms with Gasteiger partial charge in [0.25, 0.3) is 0 Å². The van der Waals surface area contributed by atoms with E-state index in [9.17, 15) is 4.39 Å². The number of amidine groups is 2. The Morgan fingerprint density at radius 3 is 2.25 bits per heavy atom. The lowest BCUT2D eigenvalue weighted by Gasteiger charge is -2.13. The van der Waals surface area contributed by atoms with Gasteiger partial charge in [0.1, 0.15) is 11.9 Å². The van der Waals surface area contributed by atoms with Gasteiger partial charge in [-0.15, -0.1) is 5.10 Å². The summed E-state index contributed by atoms with van der Waals surface area (Å²) in [6, 6.07) is 25.4. The molecule has 2 aliphatic rings. The number of hydrazone groups is 1. The van der Waals surface area contributed by atoms with Crippen LogP contribution in [0.15, 0.2) is 100 Å². The molecule has 3 aromatic rings.